The van der Waals surface area contributed by atoms with Crippen molar-refractivity contribution < 1.29 is 4.79 Å². The predicted octanol–water partition coefficient (Wildman–Crippen LogP) is 4.76. The molecule has 0 radical (unpaired) electrons. The summed E-state index contributed by atoms with van der Waals surface area (Å²) in [6, 6.07) is 9.78. The van der Waals surface area contributed by atoms with E-state index < -0.39 is 0 Å². The first kappa shape index (κ1) is 19.3. The molecule has 0 bridgehead atoms. The molecule has 3 heterocycles. The van der Waals surface area contributed by atoms with E-state index in [1.165, 1.54) is 47.8 Å². The zero-order valence-corrected chi connectivity index (χ0v) is 18.0. The maximum atomic E-state index is 11.7. The highest BCUT2D eigenvalue weighted by Crippen LogP contribution is 2.35. The van der Waals surface area contributed by atoms with E-state index in [1.807, 2.05) is 11.1 Å². The molecule has 158 valence electrons. The molecule has 2 aliphatic rings. The van der Waals surface area contributed by atoms with Crippen molar-refractivity contribution in [3.05, 3.63) is 36.2 Å². The van der Waals surface area contributed by atoms with Crippen LogP contribution in [-0.2, 0) is 11.2 Å². The Morgan fingerprint density at radius 2 is 1.77 bits per heavy atom. The normalized spacial score (nSPS) is 18.5. The number of fused-ring (bicyclic) bond motifs is 1. The number of amides is 1. The Labute approximate surface area is 177 Å². The Bertz CT molecular complexity index is 1050. The molecule has 1 aromatic carbocycles. The highest BCUT2D eigenvalue weighted by atomic mass is 16.2. The summed E-state index contributed by atoms with van der Waals surface area (Å²) < 4.78 is 4.48. The minimum atomic E-state index is 0.173. The number of piperidine rings is 1. The zero-order chi connectivity index (χ0) is 20.7. The lowest BCUT2D eigenvalue weighted by Gasteiger charge is -2.32. The molecule has 2 aromatic heterocycles. The Morgan fingerprint density at radius 1 is 1.03 bits per heavy atom. The van der Waals surface area contributed by atoms with E-state index in [2.05, 4.69) is 45.7 Å². The quantitative estimate of drug-likeness (QED) is 0.629. The van der Waals surface area contributed by atoms with Gasteiger partial charge >= 0.3 is 0 Å². The number of carbonyl (C=O) groups excluding carboxylic acids is 1. The molecule has 1 saturated carbocycles. The van der Waals surface area contributed by atoms with Gasteiger partial charge in [-0.2, -0.15) is 10.2 Å². The van der Waals surface area contributed by atoms with Gasteiger partial charge in [0.05, 0.1) is 29.0 Å². The third-order valence-corrected chi connectivity index (χ3v) is 7.01. The van der Waals surface area contributed by atoms with Crippen LogP contribution in [0.2, 0.25) is 0 Å². The fourth-order valence-corrected chi connectivity index (χ4v) is 5.31. The number of likely N-dealkylation sites (tertiary alicyclic amines) is 1. The van der Waals surface area contributed by atoms with Crippen LogP contribution in [0.4, 0.5) is 0 Å². The summed E-state index contributed by atoms with van der Waals surface area (Å²) in [5.74, 6) is 0.173. The van der Waals surface area contributed by atoms with Crippen molar-refractivity contribution in [3.8, 4) is 11.3 Å². The molecule has 1 saturated heterocycles. The number of benzene rings is 1. The van der Waals surface area contributed by atoms with Gasteiger partial charge in [-0.05, 0) is 44.2 Å². The number of aromatic nitrogens is 4. The fourth-order valence-electron chi connectivity index (χ4n) is 5.31. The number of aryl methyl sites for hydroxylation is 1. The van der Waals surface area contributed by atoms with Gasteiger partial charge in [0.1, 0.15) is 0 Å². The number of carbonyl (C=O) groups is 1. The molecule has 1 aliphatic carbocycles. The first-order valence-corrected chi connectivity index (χ1v) is 11.5. The first-order chi connectivity index (χ1) is 14.7. The van der Waals surface area contributed by atoms with E-state index in [0.29, 0.717) is 12.1 Å². The number of hydrogen-bond donors (Lipinski definition) is 0. The average molecular weight is 406 g/mol. The second-order valence-electron chi connectivity index (χ2n) is 8.81. The molecule has 0 unspecified atom stereocenters. The van der Waals surface area contributed by atoms with E-state index in [0.717, 1.165) is 38.0 Å². The van der Waals surface area contributed by atoms with E-state index in [4.69, 9.17) is 5.10 Å². The lowest BCUT2D eigenvalue weighted by Crippen LogP contribution is -2.38. The minimum absolute atomic E-state index is 0.173. The molecular formula is C24H31N5O. The van der Waals surface area contributed by atoms with Crippen LogP contribution >= 0.6 is 0 Å². The summed E-state index contributed by atoms with van der Waals surface area (Å²) in [5.41, 5.74) is 4.83. The third-order valence-electron chi connectivity index (χ3n) is 7.01. The van der Waals surface area contributed by atoms with Crippen molar-refractivity contribution >= 4 is 16.8 Å². The molecule has 3 aromatic rings. The van der Waals surface area contributed by atoms with Crippen molar-refractivity contribution in [1.82, 2.24) is 24.5 Å². The van der Waals surface area contributed by atoms with Crippen molar-refractivity contribution in [2.75, 3.05) is 13.1 Å². The highest BCUT2D eigenvalue weighted by molar-refractivity contribution is 5.86. The molecule has 2 fully saturated rings. The van der Waals surface area contributed by atoms with Gasteiger partial charge in [0.2, 0.25) is 5.91 Å². The second kappa shape index (κ2) is 7.89. The maximum absolute atomic E-state index is 11.7. The summed E-state index contributed by atoms with van der Waals surface area (Å²) in [6.07, 6.45) is 9.85. The van der Waals surface area contributed by atoms with Crippen molar-refractivity contribution in [2.24, 2.45) is 0 Å². The van der Waals surface area contributed by atoms with E-state index in [1.54, 1.807) is 6.92 Å². The van der Waals surface area contributed by atoms with Gasteiger partial charge in [-0.25, -0.2) is 0 Å². The molecule has 1 aliphatic heterocycles. The van der Waals surface area contributed by atoms with Crippen LogP contribution in [0.5, 0.6) is 0 Å². The summed E-state index contributed by atoms with van der Waals surface area (Å²) >= 11 is 0. The molecule has 6 heteroatoms. The monoisotopic (exact) mass is 405 g/mol. The molecular weight excluding hydrogens is 374 g/mol. The molecule has 30 heavy (non-hydrogen) atoms. The van der Waals surface area contributed by atoms with E-state index >= 15 is 0 Å². The Hall–Kier alpha value is -2.63. The Balaban J connectivity index is 1.50. The lowest BCUT2D eigenvalue weighted by molar-refractivity contribution is -0.130. The van der Waals surface area contributed by atoms with Gasteiger partial charge in [0, 0.05) is 37.2 Å². The van der Waals surface area contributed by atoms with Crippen LogP contribution in [-0.4, -0.2) is 43.5 Å². The van der Waals surface area contributed by atoms with E-state index in [9.17, 15) is 4.79 Å². The van der Waals surface area contributed by atoms with Crippen LogP contribution in [0.3, 0.4) is 0 Å². The molecule has 0 spiro atoms. The summed E-state index contributed by atoms with van der Waals surface area (Å²) in [5, 5.41) is 11.0. The molecule has 0 N–H and O–H groups in total. The Kier molecular flexibility index (Phi) is 5.09. The number of rotatable bonds is 4. The van der Waals surface area contributed by atoms with Gasteiger partial charge in [0.15, 0.2) is 0 Å². The lowest BCUT2D eigenvalue weighted by atomic mass is 10.0. The van der Waals surface area contributed by atoms with Crippen molar-refractivity contribution in [3.63, 3.8) is 0 Å². The summed E-state index contributed by atoms with van der Waals surface area (Å²) in [6.45, 7) is 5.48. The summed E-state index contributed by atoms with van der Waals surface area (Å²) in [4.78, 5) is 13.6. The third kappa shape index (κ3) is 3.32. The van der Waals surface area contributed by atoms with Crippen LogP contribution < -0.4 is 0 Å². The molecule has 0 atom stereocenters. The number of nitrogens with zero attached hydrogens (tertiary/aromatic N) is 5. The SMILES string of the molecule is CCc1nn(C2CCCC2)c2cc(-c3ccnn3C3CCN(C(C)=O)CC3)ccc12. The largest absolute Gasteiger partial charge is 0.343 e. The van der Waals surface area contributed by atoms with Gasteiger partial charge in [-0.3, -0.25) is 14.2 Å². The smallest absolute Gasteiger partial charge is 0.219 e. The topological polar surface area (TPSA) is 56.0 Å². The maximum Gasteiger partial charge on any atom is 0.219 e. The molecule has 6 nitrogen and oxygen atoms in total. The van der Waals surface area contributed by atoms with Crippen LogP contribution in [0.25, 0.3) is 22.2 Å². The van der Waals surface area contributed by atoms with Crippen molar-refractivity contribution in [1.29, 1.82) is 0 Å². The Morgan fingerprint density at radius 3 is 2.47 bits per heavy atom. The number of hydrogen-bond acceptors (Lipinski definition) is 3. The van der Waals surface area contributed by atoms with Crippen LogP contribution in [0, 0.1) is 0 Å². The van der Waals surface area contributed by atoms with Crippen molar-refractivity contribution in [2.45, 2.75) is 70.9 Å². The highest BCUT2D eigenvalue weighted by Gasteiger charge is 2.25. The standard InChI is InChI=1S/C24H31N5O/c1-3-22-21-9-8-18(16-24(21)29(26-22)19-6-4-5-7-19)23-10-13-25-28(23)20-11-14-27(15-12-20)17(2)30/h8-10,13,16,19-20H,3-7,11-12,14-15H2,1-2H3. The van der Waals surface area contributed by atoms with Gasteiger partial charge < -0.3 is 4.90 Å². The average Bonchev–Trinajstić information content (AvgIpc) is 3.52. The first-order valence-electron chi connectivity index (χ1n) is 11.5. The summed E-state index contributed by atoms with van der Waals surface area (Å²) in [7, 11) is 0. The van der Waals surface area contributed by atoms with Gasteiger partial charge in [0.25, 0.3) is 0 Å². The van der Waals surface area contributed by atoms with Crippen LogP contribution in [0.1, 0.15) is 70.2 Å². The van der Waals surface area contributed by atoms with Gasteiger partial charge in [-0.1, -0.05) is 31.9 Å². The second-order valence-corrected chi connectivity index (χ2v) is 8.81. The predicted molar refractivity (Wildman–Crippen MR) is 118 cm³/mol. The van der Waals surface area contributed by atoms with E-state index in [-0.39, 0.29) is 5.91 Å². The zero-order valence-electron chi connectivity index (χ0n) is 18.0. The molecule has 5 rings (SSSR count). The molecule has 1 amide bonds. The van der Waals surface area contributed by atoms with Gasteiger partial charge in [-0.15, -0.1) is 0 Å². The minimum Gasteiger partial charge on any atom is -0.343 e. The van der Waals surface area contributed by atoms with Crippen LogP contribution in [0.15, 0.2) is 30.5 Å². The fraction of sp³-hybridized carbons (Fsp3) is 0.542.